The molecule has 0 amide bonds. The van der Waals surface area contributed by atoms with E-state index in [2.05, 4.69) is 0 Å². The quantitative estimate of drug-likeness (QED) is 0.873. The van der Waals surface area contributed by atoms with Crippen LogP contribution in [-0.4, -0.2) is 36.0 Å². The molecule has 3 rings (SSSR count). The lowest BCUT2D eigenvalue weighted by atomic mass is 9.89. The van der Waals surface area contributed by atoms with Crippen LogP contribution in [0.2, 0.25) is 0 Å². The van der Waals surface area contributed by atoms with Crippen molar-refractivity contribution >= 4 is 10.0 Å². The first-order chi connectivity index (χ1) is 11.9. The molecule has 1 heterocycles. The molecule has 0 unspecified atom stereocenters. The Balaban J connectivity index is 1.68. The van der Waals surface area contributed by atoms with E-state index in [1.54, 1.807) is 24.3 Å². The molecule has 0 bridgehead atoms. The average molecular weight is 365 g/mol. The molecular weight excluding hydrogens is 345 g/mol. The smallest absolute Gasteiger partial charge is 0.218 e. The standard InChI is InChI=1S/C18H20FNO4S/c19-16-10-15(17(21)11-18(16)22)14-6-8-20(9-7-14)25(23,24)12-13-4-2-1-3-5-13/h1-5,10-11,14,21-22H,6-9,12H2. The Kier molecular flexibility index (Phi) is 4.96. The minimum atomic E-state index is -3.41. The largest absolute Gasteiger partial charge is 0.508 e. The topological polar surface area (TPSA) is 77.8 Å². The molecule has 2 aromatic rings. The summed E-state index contributed by atoms with van der Waals surface area (Å²) in [5.74, 6) is -1.73. The highest BCUT2D eigenvalue weighted by atomic mass is 32.2. The highest BCUT2D eigenvalue weighted by Crippen LogP contribution is 2.37. The predicted octanol–water partition coefficient (Wildman–Crippen LogP) is 2.95. The van der Waals surface area contributed by atoms with Gasteiger partial charge in [-0.2, -0.15) is 0 Å². The number of hydrogen-bond donors (Lipinski definition) is 2. The van der Waals surface area contributed by atoms with Gasteiger partial charge in [0.25, 0.3) is 0 Å². The van der Waals surface area contributed by atoms with E-state index < -0.39 is 21.6 Å². The van der Waals surface area contributed by atoms with E-state index in [0.717, 1.165) is 17.7 Å². The van der Waals surface area contributed by atoms with Gasteiger partial charge < -0.3 is 10.2 Å². The lowest BCUT2D eigenvalue weighted by Crippen LogP contribution is -2.38. The zero-order chi connectivity index (χ0) is 18.0. The fourth-order valence-corrected chi connectivity index (χ4v) is 4.78. The average Bonchev–Trinajstić information content (AvgIpc) is 2.59. The van der Waals surface area contributed by atoms with Crippen molar-refractivity contribution in [1.82, 2.24) is 4.31 Å². The van der Waals surface area contributed by atoms with Crippen LogP contribution in [0.3, 0.4) is 0 Å². The van der Waals surface area contributed by atoms with E-state index in [0.29, 0.717) is 31.5 Å². The van der Waals surface area contributed by atoms with E-state index >= 15 is 0 Å². The molecule has 1 fully saturated rings. The van der Waals surface area contributed by atoms with Crippen molar-refractivity contribution < 1.29 is 23.0 Å². The third-order valence-electron chi connectivity index (χ3n) is 4.58. The number of halogens is 1. The van der Waals surface area contributed by atoms with Crippen LogP contribution < -0.4 is 0 Å². The molecule has 2 aromatic carbocycles. The van der Waals surface area contributed by atoms with E-state index in [1.165, 1.54) is 4.31 Å². The number of aromatic hydroxyl groups is 2. The predicted molar refractivity (Wildman–Crippen MR) is 92.3 cm³/mol. The normalized spacial score (nSPS) is 16.8. The third kappa shape index (κ3) is 3.93. The Morgan fingerprint density at radius 1 is 1.04 bits per heavy atom. The summed E-state index contributed by atoms with van der Waals surface area (Å²) in [6.45, 7) is 0.642. The monoisotopic (exact) mass is 365 g/mol. The second-order valence-electron chi connectivity index (χ2n) is 6.28. The Labute approximate surface area is 146 Å². The molecule has 0 aliphatic carbocycles. The van der Waals surface area contributed by atoms with Crippen molar-refractivity contribution in [2.45, 2.75) is 24.5 Å². The minimum absolute atomic E-state index is 0.0441. The van der Waals surface area contributed by atoms with Gasteiger partial charge in [-0.25, -0.2) is 17.1 Å². The van der Waals surface area contributed by atoms with Gasteiger partial charge in [0.05, 0.1) is 5.75 Å². The minimum Gasteiger partial charge on any atom is -0.508 e. The van der Waals surface area contributed by atoms with Gasteiger partial charge in [0.1, 0.15) is 5.75 Å². The molecule has 0 atom stereocenters. The second kappa shape index (κ2) is 7.01. The Bertz CT molecular complexity index is 847. The molecule has 7 heteroatoms. The maximum absolute atomic E-state index is 13.6. The SMILES string of the molecule is O=S(=O)(Cc1ccccc1)N1CCC(c2cc(F)c(O)cc2O)CC1. The number of rotatable bonds is 4. The van der Waals surface area contributed by atoms with Crippen LogP contribution in [0, 0.1) is 5.82 Å². The number of phenols is 2. The van der Waals surface area contributed by atoms with Gasteiger partial charge in [-0.3, -0.25) is 0 Å². The summed E-state index contributed by atoms with van der Waals surface area (Å²) in [5.41, 5.74) is 1.15. The summed E-state index contributed by atoms with van der Waals surface area (Å²) < 4.78 is 40.1. The van der Waals surface area contributed by atoms with Crippen molar-refractivity contribution in [3.8, 4) is 11.5 Å². The van der Waals surface area contributed by atoms with Crippen LogP contribution in [0.15, 0.2) is 42.5 Å². The Hall–Kier alpha value is -2.12. The molecule has 0 spiro atoms. The van der Waals surface area contributed by atoms with Gasteiger partial charge in [-0.15, -0.1) is 0 Å². The Morgan fingerprint density at radius 2 is 1.68 bits per heavy atom. The first-order valence-corrected chi connectivity index (χ1v) is 9.71. The number of sulfonamides is 1. The summed E-state index contributed by atoms with van der Waals surface area (Å²) in [7, 11) is -3.41. The molecule has 134 valence electrons. The summed E-state index contributed by atoms with van der Waals surface area (Å²) >= 11 is 0. The van der Waals surface area contributed by atoms with Gasteiger partial charge in [-0.1, -0.05) is 30.3 Å². The number of nitrogens with zero attached hydrogens (tertiary/aromatic N) is 1. The fourth-order valence-electron chi connectivity index (χ4n) is 3.21. The highest BCUT2D eigenvalue weighted by molar-refractivity contribution is 7.88. The van der Waals surface area contributed by atoms with Crippen molar-refractivity contribution in [3.05, 3.63) is 59.4 Å². The molecule has 1 aliphatic heterocycles. The van der Waals surface area contributed by atoms with Gasteiger partial charge in [0, 0.05) is 24.7 Å². The zero-order valence-corrected chi connectivity index (χ0v) is 14.4. The molecule has 5 nitrogen and oxygen atoms in total. The maximum atomic E-state index is 13.6. The van der Waals surface area contributed by atoms with Crippen LogP contribution in [-0.2, 0) is 15.8 Å². The van der Waals surface area contributed by atoms with E-state index in [9.17, 15) is 23.0 Å². The van der Waals surface area contributed by atoms with Crippen molar-refractivity contribution in [3.63, 3.8) is 0 Å². The number of benzene rings is 2. The molecule has 2 N–H and O–H groups in total. The van der Waals surface area contributed by atoms with Crippen LogP contribution in [0.25, 0.3) is 0 Å². The Morgan fingerprint density at radius 3 is 2.32 bits per heavy atom. The number of phenolic OH excluding ortho intramolecular Hbond substituents is 2. The molecule has 1 aliphatic rings. The molecule has 1 saturated heterocycles. The van der Waals surface area contributed by atoms with Crippen LogP contribution in [0.4, 0.5) is 4.39 Å². The number of piperidine rings is 1. The van der Waals surface area contributed by atoms with Gasteiger partial charge in [0.2, 0.25) is 10.0 Å². The maximum Gasteiger partial charge on any atom is 0.218 e. The van der Waals surface area contributed by atoms with Gasteiger partial charge in [0.15, 0.2) is 11.6 Å². The second-order valence-corrected chi connectivity index (χ2v) is 8.25. The van der Waals surface area contributed by atoms with Gasteiger partial charge >= 0.3 is 0 Å². The highest BCUT2D eigenvalue weighted by Gasteiger charge is 2.30. The molecular formula is C18H20FNO4S. The summed E-state index contributed by atoms with van der Waals surface area (Å²) in [5, 5.41) is 19.2. The van der Waals surface area contributed by atoms with Gasteiger partial charge in [-0.05, 0) is 30.4 Å². The van der Waals surface area contributed by atoms with E-state index in [4.69, 9.17) is 0 Å². The lowest BCUT2D eigenvalue weighted by Gasteiger charge is -2.31. The van der Waals surface area contributed by atoms with Crippen molar-refractivity contribution in [2.24, 2.45) is 0 Å². The fraction of sp³-hybridized carbons (Fsp3) is 0.333. The van der Waals surface area contributed by atoms with Crippen LogP contribution in [0.1, 0.15) is 29.9 Å². The van der Waals surface area contributed by atoms with Crippen molar-refractivity contribution in [1.29, 1.82) is 0 Å². The first kappa shape index (κ1) is 17.7. The third-order valence-corrected chi connectivity index (χ3v) is 6.43. The lowest BCUT2D eigenvalue weighted by molar-refractivity contribution is 0.313. The van der Waals surface area contributed by atoms with Crippen LogP contribution >= 0.6 is 0 Å². The van der Waals surface area contributed by atoms with Crippen LogP contribution in [0.5, 0.6) is 11.5 Å². The zero-order valence-electron chi connectivity index (χ0n) is 13.6. The molecule has 0 saturated carbocycles. The number of hydrogen-bond acceptors (Lipinski definition) is 4. The first-order valence-electron chi connectivity index (χ1n) is 8.10. The molecule has 25 heavy (non-hydrogen) atoms. The summed E-state index contributed by atoms with van der Waals surface area (Å²) in [4.78, 5) is 0. The summed E-state index contributed by atoms with van der Waals surface area (Å²) in [6, 6.07) is 11.1. The molecule has 0 aromatic heterocycles. The van der Waals surface area contributed by atoms with E-state index in [-0.39, 0.29) is 17.4 Å². The molecule has 0 radical (unpaired) electrons. The van der Waals surface area contributed by atoms with Crippen molar-refractivity contribution in [2.75, 3.05) is 13.1 Å². The summed E-state index contributed by atoms with van der Waals surface area (Å²) in [6.07, 6.45) is 0.984. The van der Waals surface area contributed by atoms with E-state index in [1.807, 2.05) is 6.07 Å².